The van der Waals surface area contributed by atoms with Gasteiger partial charge in [-0.3, -0.25) is 13.9 Å². The van der Waals surface area contributed by atoms with Crippen LogP contribution in [-0.4, -0.2) is 43.8 Å². The van der Waals surface area contributed by atoms with Crippen LogP contribution in [0.15, 0.2) is 82.2 Å². The van der Waals surface area contributed by atoms with Crippen LogP contribution in [0.25, 0.3) is 0 Å². The molecule has 38 heavy (non-hydrogen) atoms. The Bertz CT molecular complexity index is 1380. The Labute approximate surface area is 238 Å². The molecule has 0 spiro atoms. The molecule has 0 heterocycles. The number of aryl methyl sites for hydroxylation is 1. The van der Waals surface area contributed by atoms with Crippen molar-refractivity contribution in [2.24, 2.45) is 0 Å². The van der Waals surface area contributed by atoms with E-state index in [1.165, 1.54) is 17.0 Å². The van der Waals surface area contributed by atoms with E-state index < -0.39 is 28.5 Å². The maximum Gasteiger partial charge on any atom is 0.264 e. The van der Waals surface area contributed by atoms with Gasteiger partial charge in [0.25, 0.3) is 10.0 Å². The molecule has 0 fully saturated rings. The fraction of sp³-hybridized carbons (Fsp3) is 0.286. The summed E-state index contributed by atoms with van der Waals surface area (Å²) in [5.74, 6) is -0.861. The fourth-order valence-corrected chi connectivity index (χ4v) is 5.69. The van der Waals surface area contributed by atoms with Gasteiger partial charge < -0.3 is 10.2 Å². The van der Waals surface area contributed by atoms with E-state index in [4.69, 9.17) is 11.6 Å². The first-order valence-corrected chi connectivity index (χ1v) is 14.7. The van der Waals surface area contributed by atoms with Gasteiger partial charge in [-0.05, 0) is 75.7 Å². The van der Waals surface area contributed by atoms with Crippen molar-refractivity contribution in [1.29, 1.82) is 0 Å². The molecule has 0 aliphatic rings. The van der Waals surface area contributed by atoms with Crippen molar-refractivity contribution in [3.8, 4) is 0 Å². The predicted octanol–water partition coefficient (Wildman–Crippen LogP) is 5.55. The average Bonchev–Trinajstić information content (AvgIpc) is 2.86. The first-order chi connectivity index (χ1) is 17.9. The average molecular weight is 621 g/mol. The molecule has 0 aliphatic carbocycles. The Hall–Kier alpha value is -2.88. The van der Waals surface area contributed by atoms with Crippen LogP contribution in [0.3, 0.4) is 0 Å². The normalized spacial score (nSPS) is 12.2. The van der Waals surface area contributed by atoms with Crippen molar-refractivity contribution < 1.29 is 18.0 Å². The monoisotopic (exact) mass is 619 g/mol. The summed E-state index contributed by atoms with van der Waals surface area (Å²) in [7, 11) is -4.11. The number of carbonyl (C=O) groups is 2. The molecule has 202 valence electrons. The third-order valence-electron chi connectivity index (χ3n) is 5.85. The molecule has 2 amide bonds. The van der Waals surface area contributed by atoms with Crippen LogP contribution < -0.4 is 9.62 Å². The number of nitrogens with zero attached hydrogens (tertiary/aromatic N) is 2. The predicted molar refractivity (Wildman–Crippen MR) is 155 cm³/mol. The zero-order valence-electron chi connectivity index (χ0n) is 21.7. The topological polar surface area (TPSA) is 86.8 Å². The van der Waals surface area contributed by atoms with Gasteiger partial charge in [0.15, 0.2) is 0 Å². The Morgan fingerprint density at radius 1 is 0.974 bits per heavy atom. The lowest BCUT2D eigenvalue weighted by atomic mass is 10.1. The Morgan fingerprint density at radius 3 is 2.18 bits per heavy atom. The van der Waals surface area contributed by atoms with Gasteiger partial charge in [-0.1, -0.05) is 63.4 Å². The van der Waals surface area contributed by atoms with E-state index >= 15 is 0 Å². The highest BCUT2D eigenvalue weighted by molar-refractivity contribution is 9.10. The highest BCUT2D eigenvalue weighted by atomic mass is 79.9. The van der Waals surface area contributed by atoms with Crippen molar-refractivity contribution in [2.45, 2.75) is 51.2 Å². The first kappa shape index (κ1) is 29.7. The van der Waals surface area contributed by atoms with Crippen molar-refractivity contribution in [3.05, 3.63) is 93.4 Å². The lowest BCUT2D eigenvalue weighted by Gasteiger charge is -2.32. The van der Waals surface area contributed by atoms with Gasteiger partial charge in [0.1, 0.15) is 12.6 Å². The molecule has 0 saturated carbocycles. The third kappa shape index (κ3) is 7.58. The summed E-state index contributed by atoms with van der Waals surface area (Å²) >= 11 is 9.42. The van der Waals surface area contributed by atoms with Crippen molar-refractivity contribution in [3.63, 3.8) is 0 Å². The van der Waals surface area contributed by atoms with Crippen LogP contribution in [0, 0.1) is 6.92 Å². The summed E-state index contributed by atoms with van der Waals surface area (Å²) in [4.78, 5) is 28.2. The number of benzene rings is 3. The Balaban J connectivity index is 2.03. The Morgan fingerprint density at radius 2 is 1.61 bits per heavy atom. The second kappa shape index (κ2) is 12.8. The molecule has 0 radical (unpaired) electrons. The molecule has 0 saturated heterocycles. The van der Waals surface area contributed by atoms with E-state index in [0.29, 0.717) is 15.2 Å². The van der Waals surface area contributed by atoms with Crippen molar-refractivity contribution in [2.75, 3.05) is 10.8 Å². The van der Waals surface area contributed by atoms with E-state index in [0.717, 1.165) is 15.4 Å². The number of hydrogen-bond donors (Lipinski definition) is 1. The van der Waals surface area contributed by atoms with Gasteiger partial charge in [-0.2, -0.15) is 0 Å². The van der Waals surface area contributed by atoms with Crippen LogP contribution in [0.5, 0.6) is 0 Å². The number of anilines is 1. The SMILES string of the molecule is Cc1ccc(S(=O)(=O)N(CC(=O)N(Cc2ccc(Cl)cc2)C(C)C(=O)NC(C)C)c2cccc(Br)c2)cc1. The minimum absolute atomic E-state index is 0.0609. The fourth-order valence-electron chi connectivity index (χ4n) is 3.77. The molecular formula is C28H31BrClN3O4S. The lowest BCUT2D eigenvalue weighted by molar-refractivity contribution is -0.139. The van der Waals surface area contributed by atoms with Gasteiger partial charge in [0, 0.05) is 22.1 Å². The standard InChI is InChI=1S/C28H31BrClN3O4S/c1-19(2)31-28(35)21(4)32(17-22-10-12-24(30)13-11-22)27(34)18-33(25-7-5-6-23(29)16-25)38(36,37)26-14-8-20(3)9-15-26/h5-16,19,21H,17-18H2,1-4H3,(H,31,35). The van der Waals surface area contributed by atoms with Crippen LogP contribution >= 0.6 is 27.5 Å². The van der Waals surface area contributed by atoms with Crippen LogP contribution in [0.4, 0.5) is 5.69 Å². The third-order valence-corrected chi connectivity index (χ3v) is 8.38. The molecule has 0 aliphatic heterocycles. The first-order valence-electron chi connectivity index (χ1n) is 12.1. The van der Waals surface area contributed by atoms with Gasteiger partial charge in [0.2, 0.25) is 11.8 Å². The van der Waals surface area contributed by atoms with E-state index in [2.05, 4.69) is 21.2 Å². The minimum atomic E-state index is -4.11. The van der Waals surface area contributed by atoms with Crippen LogP contribution in [0.1, 0.15) is 31.9 Å². The molecule has 0 aromatic heterocycles. The van der Waals surface area contributed by atoms with Gasteiger partial charge in [-0.15, -0.1) is 0 Å². The van der Waals surface area contributed by atoms with Crippen molar-refractivity contribution in [1.82, 2.24) is 10.2 Å². The molecule has 3 aromatic rings. The number of amides is 2. The largest absolute Gasteiger partial charge is 0.352 e. The molecule has 3 rings (SSSR count). The molecule has 0 bridgehead atoms. The van der Waals surface area contributed by atoms with Gasteiger partial charge in [0.05, 0.1) is 10.6 Å². The molecule has 1 atom stereocenters. The molecule has 1 unspecified atom stereocenters. The van der Waals surface area contributed by atoms with Gasteiger partial charge >= 0.3 is 0 Å². The highest BCUT2D eigenvalue weighted by Gasteiger charge is 2.32. The lowest BCUT2D eigenvalue weighted by Crippen LogP contribution is -2.52. The summed E-state index contributed by atoms with van der Waals surface area (Å²) in [6, 6.07) is 19.1. The second-order valence-corrected chi connectivity index (χ2v) is 12.5. The maximum atomic E-state index is 13.8. The van der Waals surface area contributed by atoms with Crippen LogP contribution in [0.2, 0.25) is 5.02 Å². The van der Waals surface area contributed by atoms with E-state index in [9.17, 15) is 18.0 Å². The zero-order chi connectivity index (χ0) is 28.0. The molecule has 10 heteroatoms. The highest BCUT2D eigenvalue weighted by Crippen LogP contribution is 2.27. The molecular weight excluding hydrogens is 590 g/mol. The zero-order valence-corrected chi connectivity index (χ0v) is 24.8. The molecule has 1 N–H and O–H groups in total. The van der Waals surface area contributed by atoms with Crippen molar-refractivity contribution >= 4 is 55.1 Å². The second-order valence-electron chi connectivity index (χ2n) is 9.29. The maximum absolute atomic E-state index is 13.8. The summed E-state index contributed by atoms with van der Waals surface area (Å²) in [5.41, 5.74) is 1.98. The molecule has 3 aromatic carbocycles. The molecule has 7 nitrogen and oxygen atoms in total. The van der Waals surface area contributed by atoms with E-state index in [-0.39, 0.29) is 23.4 Å². The number of halogens is 2. The van der Waals surface area contributed by atoms with Gasteiger partial charge in [-0.25, -0.2) is 8.42 Å². The summed E-state index contributed by atoms with van der Waals surface area (Å²) in [6.07, 6.45) is 0. The quantitative estimate of drug-likeness (QED) is 0.322. The number of carbonyl (C=O) groups excluding carboxylic acids is 2. The summed E-state index contributed by atoms with van der Waals surface area (Å²) in [5, 5.41) is 3.38. The number of hydrogen-bond acceptors (Lipinski definition) is 4. The summed E-state index contributed by atoms with van der Waals surface area (Å²) in [6.45, 7) is 6.76. The summed E-state index contributed by atoms with van der Waals surface area (Å²) < 4.78 is 29.3. The smallest absolute Gasteiger partial charge is 0.264 e. The Kier molecular flexibility index (Phi) is 9.98. The minimum Gasteiger partial charge on any atom is -0.352 e. The number of nitrogens with one attached hydrogen (secondary N) is 1. The number of sulfonamides is 1. The van der Waals surface area contributed by atoms with Crippen LogP contribution in [-0.2, 0) is 26.2 Å². The van der Waals surface area contributed by atoms with E-state index in [1.807, 2.05) is 20.8 Å². The number of rotatable bonds is 10. The van der Waals surface area contributed by atoms with E-state index in [1.54, 1.807) is 67.6 Å².